The van der Waals surface area contributed by atoms with Gasteiger partial charge in [-0.3, -0.25) is 9.59 Å². The molecule has 2 N–H and O–H groups in total. The SMILES string of the molecule is O=C(O)CCc1cc(-c2ccc(F)cc2)n(-c2ccc(=O)[nH]n2)n1. The van der Waals surface area contributed by atoms with Crippen molar-refractivity contribution < 1.29 is 14.3 Å². The van der Waals surface area contributed by atoms with Crippen LogP contribution in [-0.4, -0.2) is 31.1 Å². The Morgan fingerprint density at radius 2 is 1.96 bits per heavy atom. The fourth-order valence-corrected chi connectivity index (χ4v) is 2.24. The van der Waals surface area contributed by atoms with Gasteiger partial charge in [0.2, 0.25) is 0 Å². The average molecular weight is 328 g/mol. The first-order valence-electron chi connectivity index (χ1n) is 7.16. The van der Waals surface area contributed by atoms with Gasteiger partial charge in [-0.25, -0.2) is 14.2 Å². The van der Waals surface area contributed by atoms with Crippen LogP contribution in [0.1, 0.15) is 12.1 Å². The van der Waals surface area contributed by atoms with Crippen molar-refractivity contribution in [2.45, 2.75) is 12.8 Å². The average Bonchev–Trinajstić information content (AvgIpc) is 2.98. The number of aromatic amines is 1. The van der Waals surface area contributed by atoms with Crippen LogP contribution in [0.25, 0.3) is 17.1 Å². The summed E-state index contributed by atoms with van der Waals surface area (Å²) in [5.74, 6) is -0.913. The summed E-state index contributed by atoms with van der Waals surface area (Å²) >= 11 is 0. The second kappa shape index (κ2) is 6.45. The molecule has 3 aromatic rings. The zero-order chi connectivity index (χ0) is 17.1. The molecule has 7 nitrogen and oxygen atoms in total. The first-order valence-corrected chi connectivity index (χ1v) is 7.16. The molecule has 0 aliphatic heterocycles. The molecule has 0 atom stereocenters. The number of H-pyrrole nitrogens is 1. The fraction of sp³-hybridized carbons (Fsp3) is 0.125. The molecule has 0 saturated heterocycles. The first-order chi connectivity index (χ1) is 11.5. The number of hydrogen-bond acceptors (Lipinski definition) is 4. The lowest BCUT2D eigenvalue weighted by atomic mass is 10.1. The molecule has 0 amide bonds. The third-order valence-corrected chi connectivity index (χ3v) is 3.38. The molecule has 0 saturated carbocycles. The van der Waals surface area contributed by atoms with Gasteiger partial charge in [-0.1, -0.05) is 0 Å². The van der Waals surface area contributed by atoms with Gasteiger partial charge in [0, 0.05) is 18.1 Å². The van der Waals surface area contributed by atoms with Crippen LogP contribution in [0.5, 0.6) is 0 Å². The van der Waals surface area contributed by atoms with Crippen LogP contribution < -0.4 is 5.56 Å². The van der Waals surface area contributed by atoms with Crippen LogP contribution in [0, 0.1) is 5.82 Å². The highest BCUT2D eigenvalue weighted by Gasteiger charge is 2.14. The molecule has 0 bridgehead atoms. The number of hydrogen-bond donors (Lipinski definition) is 2. The minimum Gasteiger partial charge on any atom is -0.481 e. The summed E-state index contributed by atoms with van der Waals surface area (Å²) in [7, 11) is 0. The zero-order valence-electron chi connectivity index (χ0n) is 12.4. The summed E-state index contributed by atoms with van der Waals surface area (Å²) in [4.78, 5) is 21.9. The third kappa shape index (κ3) is 3.37. The van der Waals surface area contributed by atoms with Gasteiger partial charge in [0.25, 0.3) is 5.56 Å². The topological polar surface area (TPSA) is 101 Å². The van der Waals surface area contributed by atoms with Gasteiger partial charge in [0.05, 0.1) is 17.8 Å². The number of carboxylic acids is 1. The first kappa shape index (κ1) is 15.6. The Labute approximate surface area is 135 Å². The lowest BCUT2D eigenvalue weighted by Gasteiger charge is -2.05. The molecule has 3 rings (SSSR count). The van der Waals surface area contributed by atoms with E-state index in [2.05, 4.69) is 15.3 Å². The second-order valence-corrected chi connectivity index (χ2v) is 5.11. The highest BCUT2D eigenvalue weighted by molar-refractivity contribution is 5.67. The molecule has 1 aromatic carbocycles. The van der Waals surface area contributed by atoms with Crippen LogP contribution in [-0.2, 0) is 11.2 Å². The van der Waals surface area contributed by atoms with E-state index in [4.69, 9.17) is 5.11 Å². The Hall–Kier alpha value is -3.29. The molecule has 0 radical (unpaired) electrons. The van der Waals surface area contributed by atoms with Crippen LogP contribution in [0.2, 0.25) is 0 Å². The number of benzene rings is 1. The Balaban J connectivity index is 2.07. The van der Waals surface area contributed by atoms with Crippen molar-refractivity contribution in [1.29, 1.82) is 0 Å². The zero-order valence-corrected chi connectivity index (χ0v) is 12.4. The number of aliphatic carboxylic acids is 1. The molecular weight excluding hydrogens is 315 g/mol. The number of nitrogens with zero attached hydrogens (tertiary/aromatic N) is 3. The summed E-state index contributed by atoms with van der Waals surface area (Å²) in [6, 6.07) is 10.4. The fourth-order valence-electron chi connectivity index (χ4n) is 2.24. The van der Waals surface area contributed by atoms with E-state index < -0.39 is 5.97 Å². The molecule has 0 aliphatic rings. The maximum Gasteiger partial charge on any atom is 0.303 e. The predicted molar refractivity (Wildman–Crippen MR) is 83.3 cm³/mol. The molecule has 0 aliphatic carbocycles. The van der Waals surface area contributed by atoms with E-state index in [1.165, 1.54) is 28.9 Å². The van der Waals surface area contributed by atoms with Crippen molar-refractivity contribution in [3.63, 3.8) is 0 Å². The van der Waals surface area contributed by atoms with Crippen molar-refractivity contribution in [3.8, 4) is 17.1 Å². The van der Waals surface area contributed by atoms with Crippen LogP contribution in [0.4, 0.5) is 4.39 Å². The second-order valence-electron chi connectivity index (χ2n) is 5.11. The van der Waals surface area contributed by atoms with E-state index in [1.807, 2.05) is 0 Å². The number of carbonyl (C=O) groups is 1. The molecule has 0 fully saturated rings. The van der Waals surface area contributed by atoms with Crippen molar-refractivity contribution >= 4 is 5.97 Å². The van der Waals surface area contributed by atoms with Gasteiger partial charge < -0.3 is 5.11 Å². The Kier molecular flexibility index (Phi) is 4.19. The predicted octanol–water partition coefficient (Wildman–Crippen LogP) is 1.78. The molecule has 24 heavy (non-hydrogen) atoms. The molecular formula is C16H13FN4O3. The van der Waals surface area contributed by atoms with Crippen molar-refractivity contribution in [2.24, 2.45) is 0 Å². The van der Waals surface area contributed by atoms with E-state index >= 15 is 0 Å². The molecule has 122 valence electrons. The summed E-state index contributed by atoms with van der Waals surface area (Å²) < 4.78 is 14.6. The van der Waals surface area contributed by atoms with E-state index in [1.54, 1.807) is 18.2 Å². The van der Waals surface area contributed by atoms with Crippen LogP contribution in [0.3, 0.4) is 0 Å². The maximum absolute atomic E-state index is 13.1. The summed E-state index contributed by atoms with van der Waals surface area (Å²) in [6.07, 6.45) is 0.193. The highest BCUT2D eigenvalue weighted by Crippen LogP contribution is 2.23. The monoisotopic (exact) mass is 328 g/mol. The normalized spacial score (nSPS) is 10.7. The van der Waals surface area contributed by atoms with Gasteiger partial charge in [0.1, 0.15) is 5.82 Å². The van der Waals surface area contributed by atoms with Crippen molar-refractivity contribution in [1.82, 2.24) is 20.0 Å². The molecule has 0 unspecified atom stereocenters. The lowest BCUT2D eigenvalue weighted by Crippen LogP contribution is -2.10. The third-order valence-electron chi connectivity index (χ3n) is 3.38. The minimum absolute atomic E-state index is 0.0566. The maximum atomic E-state index is 13.1. The Morgan fingerprint density at radius 1 is 1.21 bits per heavy atom. The number of nitrogens with one attached hydrogen (secondary N) is 1. The van der Waals surface area contributed by atoms with E-state index in [9.17, 15) is 14.0 Å². The number of aryl methyl sites for hydroxylation is 1. The Bertz CT molecular complexity index is 911. The van der Waals surface area contributed by atoms with Gasteiger partial charge in [-0.2, -0.15) is 10.2 Å². The smallest absolute Gasteiger partial charge is 0.303 e. The van der Waals surface area contributed by atoms with E-state index in [-0.39, 0.29) is 24.2 Å². The number of carboxylic acid groups (broad SMARTS) is 1. The van der Waals surface area contributed by atoms with Crippen LogP contribution >= 0.6 is 0 Å². The van der Waals surface area contributed by atoms with Crippen molar-refractivity contribution in [3.05, 3.63) is 64.3 Å². The highest BCUT2D eigenvalue weighted by atomic mass is 19.1. The lowest BCUT2D eigenvalue weighted by molar-refractivity contribution is -0.136. The van der Waals surface area contributed by atoms with Gasteiger partial charge >= 0.3 is 5.97 Å². The van der Waals surface area contributed by atoms with Gasteiger partial charge in [0.15, 0.2) is 5.82 Å². The molecule has 2 aromatic heterocycles. The summed E-state index contributed by atoms with van der Waals surface area (Å²) in [5.41, 5.74) is 1.53. The van der Waals surface area contributed by atoms with E-state index in [0.29, 0.717) is 22.8 Å². The quantitative estimate of drug-likeness (QED) is 0.743. The van der Waals surface area contributed by atoms with Crippen molar-refractivity contribution in [2.75, 3.05) is 0 Å². The largest absolute Gasteiger partial charge is 0.481 e. The van der Waals surface area contributed by atoms with Gasteiger partial charge in [-0.15, -0.1) is 0 Å². The molecule has 2 heterocycles. The Morgan fingerprint density at radius 3 is 2.58 bits per heavy atom. The summed E-state index contributed by atoms with van der Waals surface area (Å²) in [5, 5.41) is 19.4. The molecule has 0 spiro atoms. The molecule has 8 heteroatoms. The van der Waals surface area contributed by atoms with E-state index in [0.717, 1.165) is 0 Å². The minimum atomic E-state index is -0.921. The van der Waals surface area contributed by atoms with Crippen LogP contribution in [0.15, 0.2) is 47.3 Å². The summed E-state index contributed by atoms with van der Waals surface area (Å²) in [6.45, 7) is 0. The van der Waals surface area contributed by atoms with Gasteiger partial charge in [-0.05, 0) is 36.4 Å². The number of aromatic nitrogens is 4. The number of rotatable bonds is 5. The number of halogens is 1. The standard InChI is InChI=1S/C16H13FN4O3/c17-11-3-1-10(2-4-11)13-9-12(5-8-16(23)24)20-21(13)14-6-7-15(22)19-18-14/h1-4,6-7,9H,5,8H2,(H,19,22)(H,23,24).